The van der Waals surface area contributed by atoms with E-state index in [1.165, 1.54) is 17.3 Å². The van der Waals surface area contributed by atoms with Crippen LogP contribution in [0.1, 0.15) is 32.7 Å². The highest BCUT2D eigenvalue weighted by molar-refractivity contribution is 5.99. The number of para-hydroxylation sites is 1. The highest BCUT2D eigenvalue weighted by Crippen LogP contribution is 2.36. The fraction of sp³-hybridized carbons (Fsp3) is 0.353. The van der Waals surface area contributed by atoms with Crippen LogP contribution in [0.15, 0.2) is 66.5 Å². The number of fused-ring (bicyclic) bond motifs is 1. The van der Waals surface area contributed by atoms with E-state index in [9.17, 15) is 20.0 Å². The fourth-order valence-electron chi connectivity index (χ4n) is 6.38. The van der Waals surface area contributed by atoms with Gasteiger partial charge in [0.05, 0.1) is 11.4 Å². The number of likely N-dealkylation sites (tertiary alicyclic amines) is 1. The van der Waals surface area contributed by atoms with Gasteiger partial charge in [-0.25, -0.2) is 23.8 Å². The van der Waals surface area contributed by atoms with Crippen LogP contribution in [0.2, 0.25) is 0 Å². The van der Waals surface area contributed by atoms with E-state index in [2.05, 4.69) is 20.9 Å². The Morgan fingerprint density at radius 1 is 1.06 bits per heavy atom. The van der Waals surface area contributed by atoms with E-state index in [0.717, 1.165) is 0 Å². The smallest absolute Gasteiger partial charge is 0.407 e. The number of carboxylic acid groups (broad SMARTS) is 1. The van der Waals surface area contributed by atoms with Crippen LogP contribution in [-0.4, -0.2) is 96.4 Å². The summed E-state index contributed by atoms with van der Waals surface area (Å²) in [6, 6.07) is 15.4. The van der Waals surface area contributed by atoms with Crippen molar-refractivity contribution >= 4 is 28.9 Å². The van der Waals surface area contributed by atoms with Gasteiger partial charge in [-0.3, -0.25) is 9.69 Å². The van der Waals surface area contributed by atoms with Crippen LogP contribution < -0.4 is 10.5 Å². The predicted molar refractivity (Wildman–Crippen MR) is 175 cm³/mol. The minimum atomic E-state index is -0.960. The molecule has 3 N–H and O–H groups in total. The molecule has 0 bridgehead atoms. The summed E-state index contributed by atoms with van der Waals surface area (Å²) in [7, 11) is 0. The summed E-state index contributed by atoms with van der Waals surface area (Å²) in [6.45, 7) is 6.19. The number of rotatable bonds is 7. The molecular formula is C34H36FN9O4. The van der Waals surface area contributed by atoms with Crippen LogP contribution in [0.3, 0.4) is 0 Å². The van der Waals surface area contributed by atoms with Gasteiger partial charge in [0.2, 0.25) is 0 Å². The molecule has 48 heavy (non-hydrogen) atoms. The molecule has 2 saturated heterocycles. The molecule has 2 aliphatic rings. The zero-order valence-corrected chi connectivity index (χ0v) is 26.7. The zero-order chi connectivity index (χ0) is 34.0. The fourth-order valence-corrected chi connectivity index (χ4v) is 6.38. The SMILES string of the molecule is CC(C)(/C=C(\C#N)C(=O)N1CCCC(n2nc(-c3ccc(Oc4ccccc4)cc3F)c3c(N)ncnc32)C1)N1CCN(C(=O)O)CC1. The summed E-state index contributed by atoms with van der Waals surface area (Å²) < 4.78 is 23.1. The standard InChI is InChI=1S/C34H36FN9O4/c1-34(2,43-15-13-41(14-16-43)33(46)47)18-22(19-36)32(45)42-12-6-7-23(20-42)44-31-28(30(37)38-21-39-31)29(40-44)26-11-10-25(17-27(26)35)48-24-8-4-3-5-9-24/h3-5,8-11,17-18,21,23H,6-7,12-16,20H2,1-2H3,(H,46,47)(H2,37,38,39)/b22-18+. The third kappa shape index (κ3) is 6.50. The first-order chi connectivity index (χ1) is 23.1. The van der Waals surface area contributed by atoms with Gasteiger partial charge in [-0.2, -0.15) is 10.4 Å². The van der Waals surface area contributed by atoms with Gasteiger partial charge in [0, 0.05) is 56.4 Å². The number of nitrogen functional groups attached to an aromatic ring is 1. The largest absolute Gasteiger partial charge is 0.465 e. The average molecular weight is 654 g/mol. The number of carbonyl (C=O) groups excluding carboxylic acids is 1. The van der Waals surface area contributed by atoms with Gasteiger partial charge in [-0.1, -0.05) is 18.2 Å². The maximum Gasteiger partial charge on any atom is 0.407 e. The molecule has 1 unspecified atom stereocenters. The van der Waals surface area contributed by atoms with Gasteiger partial charge in [-0.05, 0) is 57.0 Å². The van der Waals surface area contributed by atoms with E-state index in [0.29, 0.717) is 68.1 Å². The van der Waals surface area contributed by atoms with Gasteiger partial charge in [0.15, 0.2) is 5.65 Å². The summed E-state index contributed by atoms with van der Waals surface area (Å²) in [5.74, 6) is 0.0868. The molecule has 1 atom stereocenters. The first-order valence-electron chi connectivity index (χ1n) is 15.7. The molecule has 4 heterocycles. The van der Waals surface area contributed by atoms with Crippen molar-refractivity contribution in [1.29, 1.82) is 5.26 Å². The second kappa shape index (κ2) is 13.3. The number of amides is 2. The lowest BCUT2D eigenvalue weighted by Crippen LogP contribution is -2.55. The predicted octanol–water partition coefficient (Wildman–Crippen LogP) is 4.69. The molecule has 13 nitrogen and oxygen atoms in total. The van der Waals surface area contributed by atoms with Crippen molar-refractivity contribution in [3.05, 3.63) is 72.3 Å². The summed E-state index contributed by atoms with van der Waals surface area (Å²) in [6.07, 6.45) is 3.35. The highest BCUT2D eigenvalue weighted by atomic mass is 19.1. The number of anilines is 1. The topological polar surface area (TPSA) is 167 Å². The Labute approximate surface area is 276 Å². The monoisotopic (exact) mass is 653 g/mol. The van der Waals surface area contributed by atoms with Crippen molar-refractivity contribution in [3.63, 3.8) is 0 Å². The van der Waals surface area contributed by atoms with Crippen LogP contribution in [0, 0.1) is 17.1 Å². The average Bonchev–Trinajstić information content (AvgIpc) is 3.48. The lowest BCUT2D eigenvalue weighted by Gasteiger charge is -2.42. The van der Waals surface area contributed by atoms with Crippen molar-refractivity contribution in [3.8, 4) is 28.8 Å². The van der Waals surface area contributed by atoms with E-state index in [4.69, 9.17) is 15.6 Å². The van der Waals surface area contributed by atoms with Crippen LogP contribution in [0.25, 0.3) is 22.3 Å². The molecule has 14 heteroatoms. The Bertz CT molecular complexity index is 1910. The van der Waals surface area contributed by atoms with Gasteiger partial charge in [0.25, 0.3) is 5.91 Å². The Morgan fingerprint density at radius 3 is 2.50 bits per heavy atom. The van der Waals surface area contributed by atoms with Gasteiger partial charge in [0.1, 0.15) is 46.8 Å². The van der Waals surface area contributed by atoms with E-state index in [1.54, 1.807) is 39.9 Å². The third-order valence-corrected chi connectivity index (χ3v) is 8.94. The molecule has 0 spiro atoms. The van der Waals surface area contributed by atoms with Crippen molar-refractivity contribution in [2.24, 2.45) is 0 Å². The number of ether oxygens (including phenoxy) is 1. The van der Waals surface area contributed by atoms with Crippen LogP contribution in [0.5, 0.6) is 11.5 Å². The maximum absolute atomic E-state index is 15.6. The molecule has 0 radical (unpaired) electrons. The van der Waals surface area contributed by atoms with E-state index in [1.807, 2.05) is 32.0 Å². The van der Waals surface area contributed by atoms with Crippen molar-refractivity contribution < 1.29 is 23.8 Å². The molecule has 2 amide bonds. The number of halogens is 1. The number of carbonyl (C=O) groups is 2. The minimum Gasteiger partial charge on any atom is -0.465 e. The van der Waals surface area contributed by atoms with E-state index >= 15 is 4.39 Å². The minimum absolute atomic E-state index is 0.0128. The molecule has 2 aromatic heterocycles. The van der Waals surface area contributed by atoms with Crippen molar-refractivity contribution in [1.82, 2.24) is 34.4 Å². The number of hydrogen-bond acceptors (Lipinski definition) is 9. The van der Waals surface area contributed by atoms with Gasteiger partial charge in [-0.15, -0.1) is 0 Å². The molecule has 6 rings (SSSR count). The second-order valence-electron chi connectivity index (χ2n) is 12.4. The Kier molecular flexibility index (Phi) is 8.97. The quantitative estimate of drug-likeness (QED) is 0.211. The lowest BCUT2D eigenvalue weighted by molar-refractivity contribution is -0.128. The van der Waals surface area contributed by atoms with Crippen LogP contribution >= 0.6 is 0 Å². The van der Waals surface area contributed by atoms with Gasteiger partial charge < -0.3 is 25.4 Å². The number of piperidine rings is 1. The second-order valence-corrected chi connectivity index (χ2v) is 12.4. The number of hydrogen-bond donors (Lipinski definition) is 2. The maximum atomic E-state index is 15.6. The highest BCUT2D eigenvalue weighted by Gasteiger charge is 2.34. The number of aromatic nitrogens is 4. The summed E-state index contributed by atoms with van der Waals surface area (Å²) in [5.41, 5.74) is 6.54. The van der Waals surface area contributed by atoms with Crippen LogP contribution in [-0.2, 0) is 4.79 Å². The number of nitrogens with zero attached hydrogens (tertiary/aromatic N) is 8. The van der Waals surface area contributed by atoms with E-state index in [-0.39, 0.29) is 35.2 Å². The molecule has 2 fully saturated rings. The molecule has 4 aromatic rings. The van der Waals surface area contributed by atoms with Gasteiger partial charge >= 0.3 is 6.09 Å². The molecule has 0 aliphatic carbocycles. The normalized spacial score (nSPS) is 17.7. The first-order valence-corrected chi connectivity index (χ1v) is 15.7. The number of benzene rings is 2. The molecule has 2 aliphatic heterocycles. The Morgan fingerprint density at radius 2 is 1.81 bits per heavy atom. The first kappa shape index (κ1) is 32.4. The third-order valence-electron chi connectivity index (χ3n) is 8.94. The Hall–Kier alpha value is -5.55. The van der Waals surface area contributed by atoms with Crippen molar-refractivity contribution in [2.75, 3.05) is 45.0 Å². The van der Waals surface area contributed by atoms with Crippen LogP contribution in [0.4, 0.5) is 15.0 Å². The Balaban J connectivity index is 1.25. The summed E-state index contributed by atoms with van der Waals surface area (Å²) >= 11 is 0. The van der Waals surface area contributed by atoms with E-state index < -0.39 is 23.4 Å². The zero-order valence-electron chi connectivity index (χ0n) is 26.7. The molecule has 248 valence electrons. The lowest BCUT2D eigenvalue weighted by atomic mass is 9.96. The molecule has 2 aromatic carbocycles. The molecular weight excluding hydrogens is 617 g/mol. The number of nitriles is 1. The van der Waals surface area contributed by atoms with Crippen molar-refractivity contribution in [2.45, 2.75) is 38.3 Å². The summed E-state index contributed by atoms with van der Waals surface area (Å²) in [4.78, 5) is 38.7. The molecule has 0 saturated carbocycles. The number of nitrogens with two attached hydrogens (primary N) is 1. The summed E-state index contributed by atoms with van der Waals surface area (Å²) in [5, 5.41) is 24.5. The number of piperazine rings is 1.